The van der Waals surface area contributed by atoms with E-state index in [-0.39, 0.29) is 16.9 Å². The van der Waals surface area contributed by atoms with Gasteiger partial charge in [-0.1, -0.05) is 33.8 Å². The molecule has 216 valence electrons. The van der Waals surface area contributed by atoms with Crippen LogP contribution in [0.15, 0.2) is 6.58 Å². The summed E-state index contributed by atoms with van der Waals surface area (Å²) < 4.78 is 61.5. The Labute approximate surface area is 222 Å². The average molecular weight is 547 g/mol. The highest BCUT2D eigenvalue weighted by atomic mass is 19.2. The van der Waals surface area contributed by atoms with E-state index in [2.05, 4.69) is 22.5 Å². The smallest absolute Gasteiger partial charge is 0.239 e. The Kier molecular flexibility index (Phi) is 13.1. The van der Waals surface area contributed by atoms with Crippen molar-refractivity contribution in [3.63, 3.8) is 0 Å². The molecule has 1 aromatic rings. The van der Waals surface area contributed by atoms with Gasteiger partial charge in [-0.3, -0.25) is 9.59 Å². The van der Waals surface area contributed by atoms with Gasteiger partial charge in [-0.15, -0.1) is 0 Å². The summed E-state index contributed by atoms with van der Waals surface area (Å²) in [7, 11) is 0. The monoisotopic (exact) mass is 546 g/mol. The topological polar surface area (TPSA) is 105 Å². The minimum atomic E-state index is -1.73. The Bertz CT molecular complexity index is 955. The molecule has 0 spiro atoms. The number of hydrogen-bond donors (Lipinski definition) is 4. The lowest BCUT2D eigenvalue weighted by Gasteiger charge is -2.30. The van der Waals surface area contributed by atoms with Gasteiger partial charge >= 0.3 is 0 Å². The molecule has 0 aliphatic carbocycles. The van der Waals surface area contributed by atoms with Gasteiger partial charge < -0.3 is 26.4 Å². The third-order valence-corrected chi connectivity index (χ3v) is 6.13. The zero-order chi connectivity index (χ0) is 29.1. The lowest BCUT2D eigenvalue weighted by molar-refractivity contribution is -0.121. The molecule has 7 nitrogen and oxygen atoms in total. The number of anilines is 1. The van der Waals surface area contributed by atoms with Crippen LogP contribution in [-0.4, -0.2) is 43.7 Å². The van der Waals surface area contributed by atoms with Crippen LogP contribution in [0.25, 0.3) is 5.70 Å². The summed E-state index contributed by atoms with van der Waals surface area (Å²) in [4.78, 5) is 23.9. The third-order valence-electron chi connectivity index (χ3n) is 6.13. The first kappa shape index (κ1) is 33.2. The molecule has 0 unspecified atom stereocenters. The molecule has 11 heteroatoms. The Balaban J connectivity index is 2.41. The molecule has 0 aliphatic heterocycles. The molecule has 1 aromatic carbocycles. The van der Waals surface area contributed by atoms with Crippen molar-refractivity contribution in [3.05, 3.63) is 35.4 Å². The Morgan fingerprint density at radius 3 is 2.08 bits per heavy atom. The van der Waals surface area contributed by atoms with E-state index in [0.717, 1.165) is 25.7 Å². The average Bonchev–Trinajstić information content (AvgIpc) is 2.85. The van der Waals surface area contributed by atoms with Crippen LogP contribution in [0.5, 0.6) is 0 Å². The molecule has 0 saturated heterocycles. The van der Waals surface area contributed by atoms with E-state index >= 15 is 0 Å². The minimum absolute atomic E-state index is 0.0706. The Morgan fingerprint density at radius 2 is 1.50 bits per heavy atom. The molecule has 1 rings (SSSR count). The number of amides is 2. The number of unbranched alkanes of at least 4 members (excludes halogenated alkanes) is 1. The van der Waals surface area contributed by atoms with E-state index in [0.29, 0.717) is 32.5 Å². The maximum atomic E-state index is 14.1. The van der Waals surface area contributed by atoms with Gasteiger partial charge in [0.05, 0.1) is 17.7 Å². The van der Waals surface area contributed by atoms with Crippen LogP contribution in [0, 0.1) is 28.7 Å². The normalized spacial score (nSPS) is 11.8. The van der Waals surface area contributed by atoms with Gasteiger partial charge in [-0.05, 0) is 44.9 Å². The molecule has 0 fully saturated rings. The molecule has 0 saturated carbocycles. The summed E-state index contributed by atoms with van der Waals surface area (Å²) in [5.74, 6) is -7.28. The molecule has 0 aliphatic rings. The van der Waals surface area contributed by atoms with Crippen LogP contribution in [0.4, 0.5) is 23.2 Å². The van der Waals surface area contributed by atoms with Crippen LogP contribution in [0.3, 0.4) is 0 Å². The van der Waals surface area contributed by atoms with Gasteiger partial charge in [0.2, 0.25) is 11.8 Å². The highest BCUT2D eigenvalue weighted by Gasteiger charge is 2.26. The second-order valence-corrected chi connectivity index (χ2v) is 10.7. The number of benzene rings is 1. The predicted molar refractivity (Wildman–Crippen MR) is 141 cm³/mol. The van der Waals surface area contributed by atoms with E-state index in [1.807, 2.05) is 34.6 Å². The fraction of sp³-hybridized carbons (Fsp3) is 0.630. The Morgan fingerprint density at radius 1 is 0.895 bits per heavy atom. The number of rotatable bonds is 17. The largest absolute Gasteiger partial charge is 0.394 e. The van der Waals surface area contributed by atoms with Crippen LogP contribution in [0.1, 0.15) is 78.7 Å². The number of carbonyl (C=O) groups is 2. The molecule has 5 N–H and O–H groups in total. The zero-order valence-corrected chi connectivity index (χ0v) is 23.1. The summed E-state index contributed by atoms with van der Waals surface area (Å²) in [5, 5.41) is 8.01. The van der Waals surface area contributed by atoms with Crippen LogP contribution in [0.2, 0.25) is 0 Å². The van der Waals surface area contributed by atoms with Crippen molar-refractivity contribution in [2.75, 3.05) is 32.0 Å². The van der Waals surface area contributed by atoms with E-state index in [1.165, 1.54) is 0 Å². The molecule has 0 heterocycles. The lowest BCUT2D eigenvalue weighted by atomic mass is 9.89. The second kappa shape index (κ2) is 14.9. The molecular formula is C27H42F4N4O3. The maximum absolute atomic E-state index is 14.1. The van der Waals surface area contributed by atoms with Crippen molar-refractivity contribution in [1.29, 1.82) is 0 Å². The van der Waals surface area contributed by atoms with Gasteiger partial charge in [0.15, 0.2) is 23.3 Å². The molecular weight excluding hydrogens is 504 g/mol. The van der Waals surface area contributed by atoms with Gasteiger partial charge in [-0.2, -0.15) is 0 Å². The van der Waals surface area contributed by atoms with Gasteiger partial charge in [0.25, 0.3) is 0 Å². The van der Waals surface area contributed by atoms with E-state index < -0.39 is 52.7 Å². The molecule has 38 heavy (non-hydrogen) atoms. The van der Waals surface area contributed by atoms with Crippen molar-refractivity contribution in [1.82, 2.24) is 16.0 Å². The fourth-order valence-corrected chi connectivity index (χ4v) is 3.52. The second-order valence-electron chi connectivity index (χ2n) is 10.7. The number of halogens is 4. The minimum Gasteiger partial charge on any atom is -0.394 e. The van der Waals surface area contributed by atoms with E-state index in [4.69, 9.17) is 10.5 Å². The molecule has 0 atom stereocenters. The highest BCUT2D eigenvalue weighted by Crippen LogP contribution is 2.29. The summed E-state index contributed by atoms with van der Waals surface area (Å²) in [6, 6.07) is 0. The Hall–Kier alpha value is -2.82. The molecule has 0 bridgehead atoms. The first-order chi connectivity index (χ1) is 17.6. The highest BCUT2D eigenvalue weighted by molar-refractivity contribution is 5.80. The van der Waals surface area contributed by atoms with Crippen LogP contribution < -0.4 is 21.7 Å². The zero-order valence-electron chi connectivity index (χ0n) is 23.1. The summed E-state index contributed by atoms with van der Waals surface area (Å²) in [6.45, 7) is 14.2. The summed E-state index contributed by atoms with van der Waals surface area (Å²) in [5.41, 5.74) is 1.48. The summed E-state index contributed by atoms with van der Waals surface area (Å²) >= 11 is 0. The SMILES string of the molecule is C=C(NCC(=O)NCC(C)(C)CCOC(C)(C)CCCNC(=O)CCCC)c1c(F)c(F)c(N)c(F)c1F. The van der Waals surface area contributed by atoms with Crippen molar-refractivity contribution < 1.29 is 31.9 Å². The van der Waals surface area contributed by atoms with Crippen molar-refractivity contribution in [2.24, 2.45) is 5.41 Å². The van der Waals surface area contributed by atoms with Gasteiger partial charge in [-0.25, -0.2) is 17.6 Å². The predicted octanol–water partition coefficient (Wildman–Crippen LogP) is 4.80. The third kappa shape index (κ3) is 10.9. The quantitative estimate of drug-likeness (QED) is 0.0973. The van der Waals surface area contributed by atoms with E-state index in [1.54, 1.807) is 0 Å². The van der Waals surface area contributed by atoms with Crippen molar-refractivity contribution >= 4 is 23.2 Å². The number of ether oxygens (including phenoxy) is 1. The molecule has 2 amide bonds. The van der Waals surface area contributed by atoms with Crippen LogP contribution in [-0.2, 0) is 14.3 Å². The number of hydrogen-bond acceptors (Lipinski definition) is 5. The number of nitrogens with one attached hydrogen (secondary N) is 3. The first-order valence-corrected chi connectivity index (χ1v) is 12.8. The van der Waals surface area contributed by atoms with Gasteiger partial charge in [0, 0.05) is 31.8 Å². The maximum Gasteiger partial charge on any atom is 0.239 e. The number of nitrogen functional groups attached to an aromatic ring is 1. The van der Waals surface area contributed by atoms with Crippen molar-refractivity contribution in [3.8, 4) is 0 Å². The van der Waals surface area contributed by atoms with Gasteiger partial charge in [0.1, 0.15) is 5.69 Å². The molecule has 0 radical (unpaired) electrons. The lowest BCUT2D eigenvalue weighted by Crippen LogP contribution is -2.39. The summed E-state index contributed by atoms with van der Waals surface area (Å²) in [6.07, 6.45) is 4.63. The van der Waals surface area contributed by atoms with Crippen molar-refractivity contribution in [2.45, 2.75) is 78.7 Å². The standard InChI is InChI=1S/C27H42F4N4O3/c1-7-8-10-18(36)33-13-9-11-27(5,6)38-14-12-26(3,4)16-35-19(37)15-34-17(2)20-21(28)23(30)25(32)24(31)22(20)29/h34H,2,7-16,32H2,1,3-6H3,(H,33,36)(H,35,37). The van der Waals surface area contributed by atoms with E-state index in [9.17, 15) is 27.2 Å². The fourth-order valence-electron chi connectivity index (χ4n) is 3.52. The first-order valence-electron chi connectivity index (χ1n) is 12.8. The number of carbonyl (C=O) groups excluding carboxylic acids is 2. The number of nitrogens with two attached hydrogens (primary N) is 1. The van der Waals surface area contributed by atoms with Crippen LogP contribution >= 0.6 is 0 Å². The molecule has 0 aromatic heterocycles.